The number of nitrogens with zero attached hydrogens (tertiary/aromatic N) is 2. The Hall–Kier alpha value is -2.53. The molecule has 132 valence electrons. The summed E-state index contributed by atoms with van der Waals surface area (Å²) in [5, 5.41) is 1.97. The third-order valence-electron chi connectivity index (χ3n) is 4.74. The molecule has 0 spiro atoms. The number of fused-ring (bicyclic) bond motifs is 2. The highest BCUT2D eigenvalue weighted by Gasteiger charge is 2.12. The summed E-state index contributed by atoms with van der Waals surface area (Å²) in [6, 6.07) is 13.8. The van der Waals surface area contributed by atoms with Gasteiger partial charge in [0.25, 0.3) is 0 Å². The van der Waals surface area contributed by atoms with Gasteiger partial charge < -0.3 is 8.98 Å². The molecule has 0 amide bonds. The molecule has 2 aromatic carbocycles. The van der Waals surface area contributed by atoms with Crippen LogP contribution in [0, 0.1) is 13.8 Å². The Morgan fingerprint density at radius 1 is 1.12 bits per heavy atom. The monoisotopic (exact) mass is 364 g/mol. The van der Waals surface area contributed by atoms with Crippen molar-refractivity contribution in [2.45, 2.75) is 38.2 Å². The van der Waals surface area contributed by atoms with Gasteiger partial charge in [0.1, 0.15) is 5.58 Å². The molecule has 2 heterocycles. The van der Waals surface area contributed by atoms with Gasteiger partial charge in [0.05, 0.1) is 11.0 Å². The van der Waals surface area contributed by atoms with Gasteiger partial charge in [0.15, 0.2) is 5.16 Å². The van der Waals surface area contributed by atoms with Crippen LogP contribution in [0.3, 0.4) is 0 Å². The molecule has 5 heteroatoms. The number of thioether (sulfide) groups is 1. The molecular weight excluding hydrogens is 344 g/mol. The van der Waals surface area contributed by atoms with Gasteiger partial charge in [-0.15, -0.1) is 0 Å². The van der Waals surface area contributed by atoms with E-state index in [4.69, 9.17) is 9.40 Å². The van der Waals surface area contributed by atoms with Crippen LogP contribution in [-0.2, 0) is 12.3 Å². The van der Waals surface area contributed by atoms with E-state index < -0.39 is 0 Å². The van der Waals surface area contributed by atoms with Gasteiger partial charge in [0, 0.05) is 23.8 Å². The standard InChI is InChI=1S/C21H20N2O2S/c1-4-23-18-8-6-5-7-17(18)22-21(23)26-12-15-11-20(24)25-19-10-14(3)13(2)9-16(15)19/h5-11H,4,12H2,1-3H3. The fraction of sp³-hybridized carbons (Fsp3) is 0.238. The summed E-state index contributed by atoms with van der Waals surface area (Å²) < 4.78 is 7.61. The minimum atomic E-state index is -0.305. The molecule has 0 atom stereocenters. The van der Waals surface area contributed by atoms with Crippen molar-refractivity contribution in [1.82, 2.24) is 9.55 Å². The lowest BCUT2D eigenvalue weighted by molar-refractivity contribution is 0.559. The Morgan fingerprint density at radius 2 is 1.88 bits per heavy atom. The van der Waals surface area contributed by atoms with E-state index in [0.29, 0.717) is 11.3 Å². The van der Waals surface area contributed by atoms with Crippen molar-refractivity contribution < 1.29 is 4.42 Å². The van der Waals surface area contributed by atoms with Crippen molar-refractivity contribution >= 4 is 33.8 Å². The van der Waals surface area contributed by atoms with E-state index in [1.54, 1.807) is 17.8 Å². The lowest BCUT2D eigenvalue weighted by Crippen LogP contribution is -2.01. The Balaban J connectivity index is 1.75. The summed E-state index contributed by atoms with van der Waals surface area (Å²) >= 11 is 1.66. The number of aryl methyl sites for hydroxylation is 3. The topological polar surface area (TPSA) is 48.0 Å². The average Bonchev–Trinajstić information content (AvgIpc) is 2.98. The van der Waals surface area contributed by atoms with Crippen LogP contribution in [-0.4, -0.2) is 9.55 Å². The molecule has 26 heavy (non-hydrogen) atoms. The second kappa shape index (κ2) is 6.65. The van der Waals surface area contributed by atoms with Gasteiger partial charge >= 0.3 is 5.63 Å². The Kier molecular flexibility index (Phi) is 4.32. The summed E-state index contributed by atoms with van der Waals surface area (Å²) in [6.45, 7) is 7.09. The smallest absolute Gasteiger partial charge is 0.336 e. The molecule has 2 aromatic heterocycles. The van der Waals surface area contributed by atoms with Crippen LogP contribution in [0.5, 0.6) is 0 Å². The molecule has 4 rings (SSSR count). The Morgan fingerprint density at radius 3 is 2.69 bits per heavy atom. The van der Waals surface area contributed by atoms with Crippen LogP contribution in [0.1, 0.15) is 23.6 Å². The predicted molar refractivity (Wildman–Crippen MR) is 107 cm³/mol. The van der Waals surface area contributed by atoms with Crippen LogP contribution in [0.4, 0.5) is 0 Å². The molecule has 0 bridgehead atoms. The van der Waals surface area contributed by atoms with Crippen LogP contribution in [0.15, 0.2) is 56.8 Å². The number of hydrogen-bond acceptors (Lipinski definition) is 4. The fourth-order valence-electron chi connectivity index (χ4n) is 3.21. The summed E-state index contributed by atoms with van der Waals surface area (Å²) in [4.78, 5) is 16.7. The van der Waals surface area contributed by atoms with Gasteiger partial charge in [-0.05, 0) is 61.7 Å². The molecule has 0 aliphatic heterocycles. The van der Waals surface area contributed by atoms with E-state index >= 15 is 0 Å². The minimum Gasteiger partial charge on any atom is -0.423 e. The zero-order valence-corrected chi connectivity index (χ0v) is 15.9. The highest BCUT2D eigenvalue weighted by molar-refractivity contribution is 7.98. The number of benzene rings is 2. The first kappa shape index (κ1) is 16.9. The molecule has 0 saturated carbocycles. The zero-order valence-electron chi connectivity index (χ0n) is 15.1. The third kappa shape index (κ3) is 2.92. The van der Waals surface area contributed by atoms with Crippen LogP contribution in [0.2, 0.25) is 0 Å². The summed E-state index contributed by atoms with van der Waals surface area (Å²) in [6.07, 6.45) is 0. The van der Waals surface area contributed by atoms with Gasteiger partial charge in [-0.3, -0.25) is 0 Å². The number of hydrogen-bond donors (Lipinski definition) is 0. The quantitative estimate of drug-likeness (QED) is 0.375. The molecule has 0 unspecified atom stereocenters. The van der Waals surface area contributed by atoms with Gasteiger partial charge in [-0.2, -0.15) is 0 Å². The molecule has 0 aliphatic carbocycles. The summed E-state index contributed by atoms with van der Waals surface area (Å²) in [5.74, 6) is 0.675. The maximum atomic E-state index is 12.0. The molecule has 0 N–H and O–H groups in total. The first-order valence-corrected chi connectivity index (χ1v) is 9.67. The number of imidazole rings is 1. The van der Waals surface area contributed by atoms with Crippen molar-refractivity contribution in [3.8, 4) is 0 Å². The second-order valence-electron chi connectivity index (χ2n) is 6.44. The van der Waals surface area contributed by atoms with Crippen molar-refractivity contribution in [1.29, 1.82) is 0 Å². The number of rotatable bonds is 4. The highest BCUT2D eigenvalue weighted by atomic mass is 32.2. The maximum absolute atomic E-state index is 12.0. The SMILES string of the molecule is CCn1c(SCc2cc(=O)oc3cc(C)c(C)cc23)nc2ccccc21. The van der Waals surface area contributed by atoms with E-state index in [9.17, 15) is 4.79 Å². The van der Waals surface area contributed by atoms with Crippen molar-refractivity contribution in [3.05, 3.63) is 69.6 Å². The van der Waals surface area contributed by atoms with E-state index in [-0.39, 0.29) is 5.63 Å². The van der Waals surface area contributed by atoms with Crippen LogP contribution in [0.25, 0.3) is 22.0 Å². The van der Waals surface area contributed by atoms with Gasteiger partial charge in [-0.25, -0.2) is 9.78 Å². The van der Waals surface area contributed by atoms with Gasteiger partial charge in [0.2, 0.25) is 0 Å². The van der Waals surface area contributed by atoms with Gasteiger partial charge in [-0.1, -0.05) is 23.9 Å². The lowest BCUT2D eigenvalue weighted by atomic mass is 10.0. The molecular formula is C21H20N2O2S. The zero-order chi connectivity index (χ0) is 18.3. The average molecular weight is 364 g/mol. The molecule has 0 radical (unpaired) electrons. The Labute approximate surface area is 155 Å². The second-order valence-corrected chi connectivity index (χ2v) is 7.38. The molecule has 0 aliphatic rings. The minimum absolute atomic E-state index is 0.305. The van der Waals surface area contributed by atoms with Crippen molar-refractivity contribution in [2.24, 2.45) is 0 Å². The van der Waals surface area contributed by atoms with Crippen LogP contribution < -0.4 is 5.63 Å². The predicted octanol–water partition coefficient (Wildman–Crippen LogP) is 5.07. The van der Waals surface area contributed by atoms with Crippen molar-refractivity contribution in [2.75, 3.05) is 0 Å². The molecule has 4 nitrogen and oxygen atoms in total. The van der Waals surface area contributed by atoms with E-state index in [1.165, 1.54) is 5.56 Å². The van der Waals surface area contributed by atoms with Crippen molar-refractivity contribution in [3.63, 3.8) is 0 Å². The highest BCUT2D eigenvalue weighted by Crippen LogP contribution is 2.30. The summed E-state index contributed by atoms with van der Waals surface area (Å²) in [5.41, 5.74) is 5.79. The number of aromatic nitrogens is 2. The summed E-state index contributed by atoms with van der Waals surface area (Å²) in [7, 11) is 0. The van der Waals surface area contributed by atoms with Crippen LogP contribution >= 0.6 is 11.8 Å². The third-order valence-corrected chi connectivity index (χ3v) is 5.76. The normalized spacial score (nSPS) is 11.5. The van der Waals surface area contributed by atoms with E-state index in [0.717, 1.165) is 39.2 Å². The molecule has 0 saturated heterocycles. The van der Waals surface area contributed by atoms with E-state index in [1.807, 2.05) is 31.2 Å². The largest absolute Gasteiger partial charge is 0.423 e. The Bertz CT molecular complexity index is 1170. The first-order valence-electron chi connectivity index (χ1n) is 8.69. The number of para-hydroxylation sites is 2. The molecule has 4 aromatic rings. The fourth-order valence-corrected chi connectivity index (χ4v) is 4.28. The molecule has 0 fully saturated rings. The first-order chi connectivity index (χ1) is 12.6. The lowest BCUT2D eigenvalue weighted by Gasteiger charge is -2.09. The van der Waals surface area contributed by atoms with E-state index in [2.05, 4.69) is 30.5 Å². The maximum Gasteiger partial charge on any atom is 0.336 e.